The summed E-state index contributed by atoms with van der Waals surface area (Å²) in [5, 5.41) is 7.89. The molecule has 3 N–H and O–H groups in total. The quantitative estimate of drug-likeness (QED) is 0.475. The molecule has 0 unspecified atom stereocenters. The molecule has 2 rings (SSSR count). The van der Waals surface area contributed by atoms with E-state index in [-0.39, 0.29) is 0 Å². The Kier molecular flexibility index (Phi) is 1.63. The molecule has 0 aromatic carbocycles. The van der Waals surface area contributed by atoms with Crippen molar-refractivity contribution in [2.24, 2.45) is 5.84 Å². The van der Waals surface area contributed by atoms with Crippen LogP contribution in [0.15, 0.2) is 6.07 Å². The number of nitrogens with two attached hydrogens (primary N) is 1. The lowest BCUT2D eigenvalue weighted by Gasteiger charge is -2.04. The van der Waals surface area contributed by atoms with Gasteiger partial charge in [0.15, 0.2) is 5.65 Å². The first-order chi connectivity index (χ1) is 6.22. The van der Waals surface area contributed by atoms with Gasteiger partial charge < -0.3 is 0 Å². The molecule has 0 radical (unpaired) electrons. The predicted molar refractivity (Wildman–Crippen MR) is 48.1 cm³/mol. The largest absolute Gasteiger partial charge is 0.293 e. The topological polar surface area (TPSA) is 81.1 Å². The summed E-state index contributed by atoms with van der Waals surface area (Å²) in [5.41, 5.74) is 4.11. The van der Waals surface area contributed by atoms with Crippen LogP contribution in [0.1, 0.15) is 11.5 Å². The highest BCUT2D eigenvalue weighted by molar-refractivity contribution is 5.46. The van der Waals surface area contributed by atoms with E-state index in [0.717, 1.165) is 17.2 Å². The minimum absolute atomic E-state index is 0.553. The van der Waals surface area contributed by atoms with Gasteiger partial charge in [-0.25, -0.2) is 15.2 Å². The molecule has 6 nitrogen and oxygen atoms in total. The minimum atomic E-state index is 0.553. The molecule has 2 heterocycles. The van der Waals surface area contributed by atoms with Crippen LogP contribution >= 0.6 is 0 Å². The van der Waals surface area contributed by atoms with Gasteiger partial charge in [-0.3, -0.25) is 5.43 Å². The predicted octanol–water partition coefficient (Wildman–Crippen LogP) is 0.0267. The van der Waals surface area contributed by atoms with Gasteiger partial charge in [0.05, 0.1) is 0 Å². The molecule has 0 saturated heterocycles. The third kappa shape index (κ3) is 1.11. The average molecular weight is 178 g/mol. The number of hydrogen-bond donors (Lipinski definition) is 2. The molecule has 0 aliphatic carbocycles. The zero-order valence-electron chi connectivity index (χ0n) is 7.44. The second-order valence-electron chi connectivity index (χ2n) is 2.81. The highest BCUT2D eigenvalue weighted by Gasteiger charge is 2.06. The van der Waals surface area contributed by atoms with Crippen LogP contribution in [-0.2, 0) is 0 Å². The van der Waals surface area contributed by atoms with E-state index in [4.69, 9.17) is 5.84 Å². The van der Waals surface area contributed by atoms with Gasteiger partial charge in [0.2, 0.25) is 5.95 Å². The van der Waals surface area contributed by atoms with Gasteiger partial charge in [-0.1, -0.05) is 0 Å². The first-order valence-corrected chi connectivity index (χ1v) is 3.88. The number of fused-ring (bicyclic) bond motifs is 1. The van der Waals surface area contributed by atoms with Crippen molar-refractivity contribution in [2.75, 3.05) is 5.43 Å². The van der Waals surface area contributed by atoms with E-state index in [9.17, 15) is 0 Å². The zero-order valence-corrected chi connectivity index (χ0v) is 7.44. The number of nitrogen functional groups attached to an aromatic ring is 1. The van der Waals surface area contributed by atoms with Crippen molar-refractivity contribution in [1.29, 1.82) is 0 Å². The number of rotatable bonds is 1. The van der Waals surface area contributed by atoms with Crippen molar-refractivity contribution in [2.45, 2.75) is 13.8 Å². The molecule has 6 heteroatoms. The summed E-state index contributed by atoms with van der Waals surface area (Å²) in [4.78, 5) is 4.20. The highest BCUT2D eigenvalue weighted by Crippen LogP contribution is 2.10. The van der Waals surface area contributed by atoms with Gasteiger partial charge in [-0.2, -0.15) is 0 Å². The number of hydrogen-bond acceptors (Lipinski definition) is 5. The van der Waals surface area contributed by atoms with Crippen molar-refractivity contribution in [1.82, 2.24) is 19.6 Å². The third-order valence-electron chi connectivity index (χ3n) is 1.81. The second-order valence-corrected chi connectivity index (χ2v) is 2.81. The van der Waals surface area contributed by atoms with Crippen molar-refractivity contribution in [3.8, 4) is 0 Å². The van der Waals surface area contributed by atoms with Crippen molar-refractivity contribution in [3.05, 3.63) is 17.6 Å². The molecule has 68 valence electrons. The lowest BCUT2D eigenvalue weighted by atomic mass is 10.4. The molecular formula is C7H10N6. The zero-order chi connectivity index (χ0) is 9.42. The number of aryl methyl sites for hydroxylation is 2. The first kappa shape index (κ1) is 7.93. The number of anilines is 1. The van der Waals surface area contributed by atoms with Gasteiger partial charge in [0.1, 0.15) is 5.82 Å². The van der Waals surface area contributed by atoms with Crippen LogP contribution in [-0.4, -0.2) is 19.6 Å². The molecule has 0 bridgehead atoms. The Balaban J connectivity index is 2.85. The summed E-state index contributed by atoms with van der Waals surface area (Å²) in [6, 6.07) is 1.85. The first-order valence-electron chi connectivity index (χ1n) is 3.88. The van der Waals surface area contributed by atoms with Crippen molar-refractivity contribution >= 4 is 11.6 Å². The number of aromatic nitrogens is 4. The van der Waals surface area contributed by atoms with Crippen LogP contribution in [0.25, 0.3) is 5.65 Å². The smallest absolute Gasteiger partial charge is 0.224 e. The minimum Gasteiger partial charge on any atom is -0.293 e. The highest BCUT2D eigenvalue weighted by atomic mass is 15.4. The molecule has 2 aromatic heterocycles. The standard InChI is InChI=1S/C7H10N6/c1-4-3-6-12-11-5(2)13(6)7(9-4)10-8/h3H,8H2,1-2H3,(H,9,10). The Morgan fingerprint density at radius 2 is 2.15 bits per heavy atom. The lowest BCUT2D eigenvalue weighted by Crippen LogP contribution is -2.13. The molecule has 0 aliphatic heterocycles. The summed E-state index contributed by atoms with van der Waals surface area (Å²) >= 11 is 0. The van der Waals surface area contributed by atoms with E-state index in [2.05, 4.69) is 20.6 Å². The fourth-order valence-corrected chi connectivity index (χ4v) is 1.27. The molecule has 0 saturated carbocycles. The van der Waals surface area contributed by atoms with Gasteiger partial charge in [-0.05, 0) is 13.8 Å². The van der Waals surface area contributed by atoms with E-state index >= 15 is 0 Å². The summed E-state index contributed by atoms with van der Waals surface area (Å²) in [7, 11) is 0. The molecule has 0 spiro atoms. The number of nitrogens with one attached hydrogen (secondary N) is 1. The molecular weight excluding hydrogens is 168 g/mol. The van der Waals surface area contributed by atoms with Crippen LogP contribution in [0, 0.1) is 13.8 Å². The normalized spacial score (nSPS) is 10.7. The summed E-state index contributed by atoms with van der Waals surface area (Å²) in [6.45, 7) is 3.72. The van der Waals surface area contributed by atoms with Crippen LogP contribution in [0.2, 0.25) is 0 Å². The van der Waals surface area contributed by atoms with Gasteiger partial charge in [-0.15, -0.1) is 10.2 Å². The van der Waals surface area contributed by atoms with Crippen LogP contribution < -0.4 is 11.3 Å². The van der Waals surface area contributed by atoms with Gasteiger partial charge >= 0.3 is 0 Å². The average Bonchev–Trinajstić information content (AvgIpc) is 2.46. The molecule has 0 fully saturated rings. The lowest BCUT2D eigenvalue weighted by molar-refractivity contribution is 0.966. The fraction of sp³-hybridized carbons (Fsp3) is 0.286. The molecule has 13 heavy (non-hydrogen) atoms. The number of nitrogens with zero attached hydrogens (tertiary/aromatic N) is 4. The molecule has 2 aromatic rings. The Labute approximate surface area is 74.8 Å². The summed E-state index contributed by atoms with van der Waals surface area (Å²) < 4.78 is 1.76. The molecule has 0 amide bonds. The van der Waals surface area contributed by atoms with Crippen LogP contribution in [0.5, 0.6) is 0 Å². The maximum Gasteiger partial charge on any atom is 0.224 e. The van der Waals surface area contributed by atoms with Crippen molar-refractivity contribution in [3.63, 3.8) is 0 Å². The van der Waals surface area contributed by atoms with E-state index in [1.807, 2.05) is 19.9 Å². The van der Waals surface area contributed by atoms with E-state index < -0.39 is 0 Å². The Bertz CT molecular complexity index is 445. The number of hydrazine groups is 1. The van der Waals surface area contributed by atoms with E-state index in [1.165, 1.54) is 0 Å². The Hall–Kier alpha value is -1.69. The summed E-state index contributed by atoms with van der Waals surface area (Å²) in [6.07, 6.45) is 0. The monoisotopic (exact) mass is 178 g/mol. The van der Waals surface area contributed by atoms with Gasteiger partial charge in [0, 0.05) is 11.8 Å². The van der Waals surface area contributed by atoms with Crippen molar-refractivity contribution < 1.29 is 0 Å². The fourth-order valence-electron chi connectivity index (χ4n) is 1.27. The van der Waals surface area contributed by atoms with Crippen LogP contribution in [0.3, 0.4) is 0 Å². The SMILES string of the molecule is Cc1cc2nnc(C)n2c(NN)n1. The Morgan fingerprint density at radius 3 is 2.85 bits per heavy atom. The maximum absolute atomic E-state index is 5.32. The second kappa shape index (κ2) is 2.67. The van der Waals surface area contributed by atoms with Crippen LogP contribution in [0.4, 0.5) is 5.95 Å². The molecule has 0 aliphatic rings. The Morgan fingerprint density at radius 1 is 1.38 bits per heavy atom. The summed E-state index contributed by atoms with van der Waals surface area (Å²) in [5.74, 6) is 6.64. The van der Waals surface area contributed by atoms with Gasteiger partial charge in [0.25, 0.3) is 0 Å². The maximum atomic E-state index is 5.32. The third-order valence-corrected chi connectivity index (χ3v) is 1.81. The van der Waals surface area contributed by atoms with E-state index in [0.29, 0.717) is 5.95 Å². The molecule has 0 atom stereocenters. The van der Waals surface area contributed by atoms with E-state index in [1.54, 1.807) is 4.40 Å².